The van der Waals surface area contributed by atoms with Crippen LogP contribution >= 0.6 is 11.3 Å². The third-order valence-electron chi connectivity index (χ3n) is 4.09. The zero-order valence-corrected chi connectivity index (χ0v) is 14.6. The van der Waals surface area contributed by atoms with Crippen LogP contribution in [0.2, 0.25) is 0 Å². The molecule has 0 fully saturated rings. The summed E-state index contributed by atoms with van der Waals surface area (Å²) in [6.07, 6.45) is 2.71. The Morgan fingerprint density at radius 2 is 1.96 bits per heavy atom. The van der Waals surface area contributed by atoms with Crippen LogP contribution in [0.15, 0.2) is 60.2 Å². The van der Waals surface area contributed by atoms with Crippen LogP contribution in [-0.2, 0) is 0 Å². The average Bonchev–Trinajstić information content (AvgIpc) is 3.08. The minimum atomic E-state index is -0.559. The van der Waals surface area contributed by atoms with Gasteiger partial charge in [0.05, 0.1) is 11.0 Å². The van der Waals surface area contributed by atoms with Gasteiger partial charge in [0.1, 0.15) is 5.76 Å². The summed E-state index contributed by atoms with van der Waals surface area (Å²) in [7, 11) is 0. The quantitative estimate of drug-likeness (QED) is 0.762. The highest BCUT2D eigenvalue weighted by atomic mass is 32.1. The number of benzene rings is 1. The Morgan fingerprint density at radius 3 is 2.64 bits per heavy atom. The molecule has 0 bridgehead atoms. The molecule has 3 N–H and O–H groups in total. The van der Waals surface area contributed by atoms with Gasteiger partial charge in [-0.3, -0.25) is 4.79 Å². The lowest BCUT2D eigenvalue weighted by molar-refractivity contribution is 0.0961. The molecule has 0 aliphatic carbocycles. The van der Waals surface area contributed by atoms with E-state index in [9.17, 15) is 15.0 Å². The number of hydrogen-bond donors (Lipinski definition) is 3. The maximum Gasteiger partial charge on any atom is 0.262 e. The molecular formula is C20H19NO3S. The first-order valence-corrected chi connectivity index (χ1v) is 8.80. The highest BCUT2D eigenvalue weighted by Gasteiger charge is 2.21. The second-order valence-corrected chi connectivity index (χ2v) is 6.73. The predicted octanol–water partition coefficient (Wildman–Crippen LogP) is 4.08. The SMILES string of the molecule is C=C1/C(c2ccc(C(C)O)cc2)=C(O)\C=C/CNC(=O)c2sccc21. The highest BCUT2D eigenvalue weighted by molar-refractivity contribution is 7.12. The molecule has 3 rings (SSSR count). The van der Waals surface area contributed by atoms with E-state index < -0.39 is 6.10 Å². The van der Waals surface area contributed by atoms with Gasteiger partial charge in [-0.1, -0.05) is 36.9 Å². The van der Waals surface area contributed by atoms with Crippen LogP contribution in [0.4, 0.5) is 0 Å². The van der Waals surface area contributed by atoms with E-state index in [1.807, 2.05) is 35.7 Å². The second-order valence-electron chi connectivity index (χ2n) is 5.81. The second kappa shape index (κ2) is 7.09. The fraction of sp³-hybridized carbons (Fsp3) is 0.150. The number of aliphatic hydroxyl groups excluding tert-OH is 2. The van der Waals surface area contributed by atoms with Crippen LogP contribution in [0.5, 0.6) is 0 Å². The van der Waals surface area contributed by atoms with Gasteiger partial charge in [0, 0.05) is 17.7 Å². The number of nitrogens with one attached hydrogen (secondary N) is 1. The van der Waals surface area contributed by atoms with Crippen LogP contribution in [-0.4, -0.2) is 22.7 Å². The normalized spacial score (nSPS) is 20.6. The Morgan fingerprint density at radius 1 is 1.24 bits per heavy atom. The first-order chi connectivity index (χ1) is 12.0. The van der Waals surface area contributed by atoms with Crippen molar-refractivity contribution in [2.24, 2.45) is 0 Å². The summed E-state index contributed by atoms with van der Waals surface area (Å²) in [5.74, 6) is -0.0657. The highest BCUT2D eigenvalue weighted by Crippen LogP contribution is 2.36. The number of carbonyl (C=O) groups excluding carboxylic acids is 1. The van der Waals surface area contributed by atoms with E-state index in [0.717, 1.165) is 11.1 Å². The molecule has 2 aromatic rings. The molecule has 4 nitrogen and oxygen atoms in total. The molecule has 1 aromatic heterocycles. The number of amides is 1. The van der Waals surface area contributed by atoms with Crippen molar-refractivity contribution in [2.75, 3.05) is 6.54 Å². The van der Waals surface area contributed by atoms with Gasteiger partial charge in [-0.2, -0.15) is 0 Å². The number of carbonyl (C=O) groups is 1. The van der Waals surface area contributed by atoms with E-state index >= 15 is 0 Å². The molecule has 1 aliphatic heterocycles. The third kappa shape index (κ3) is 3.43. The molecule has 1 unspecified atom stereocenters. The summed E-state index contributed by atoms with van der Waals surface area (Å²) in [6, 6.07) is 9.15. The standard InChI is InChI=1S/C20H19NO3S/c1-12-16-9-11-25-19(16)20(24)21-10-3-4-17(23)18(12)15-7-5-14(6-8-15)13(2)22/h3-9,11,13,22-23H,1,10H2,2H3,(H,21,24)/b4-3-,18-17-. The van der Waals surface area contributed by atoms with Crippen molar-refractivity contribution in [1.29, 1.82) is 0 Å². The van der Waals surface area contributed by atoms with Gasteiger partial charge in [-0.25, -0.2) is 0 Å². The number of allylic oxidation sites excluding steroid dienone is 3. The summed E-state index contributed by atoms with van der Waals surface area (Å²) in [5.41, 5.74) is 3.43. The maximum atomic E-state index is 12.3. The van der Waals surface area contributed by atoms with Crippen LogP contribution in [0, 0.1) is 0 Å². The minimum absolute atomic E-state index is 0.0862. The van der Waals surface area contributed by atoms with Gasteiger partial charge >= 0.3 is 0 Å². The van der Waals surface area contributed by atoms with Crippen molar-refractivity contribution < 1.29 is 15.0 Å². The molecule has 0 spiro atoms. The Hall–Kier alpha value is -2.63. The lowest BCUT2D eigenvalue weighted by atomic mass is 9.91. The first-order valence-electron chi connectivity index (χ1n) is 7.92. The predicted molar refractivity (Wildman–Crippen MR) is 101 cm³/mol. The summed E-state index contributed by atoms with van der Waals surface area (Å²) < 4.78 is 0. The Bertz CT molecular complexity index is 873. The van der Waals surface area contributed by atoms with Crippen molar-refractivity contribution in [3.05, 3.63) is 81.8 Å². The first kappa shape index (κ1) is 17.2. The summed E-state index contributed by atoms with van der Waals surface area (Å²) in [5, 5.41) is 24.9. The van der Waals surface area contributed by atoms with E-state index in [-0.39, 0.29) is 11.7 Å². The lowest BCUT2D eigenvalue weighted by Crippen LogP contribution is -2.23. The number of thiophene rings is 1. The Balaban J connectivity index is 2.14. The number of aliphatic hydroxyl groups is 2. The average molecular weight is 353 g/mol. The third-order valence-corrected chi connectivity index (χ3v) is 5.01. The van der Waals surface area contributed by atoms with Crippen molar-refractivity contribution in [1.82, 2.24) is 5.32 Å². The van der Waals surface area contributed by atoms with Gasteiger partial charge in [0.15, 0.2) is 0 Å². The molecule has 0 saturated carbocycles. The Kier molecular flexibility index (Phi) is 4.88. The van der Waals surface area contributed by atoms with Crippen LogP contribution < -0.4 is 5.32 Å². The largest absolute Gasteiger partial charge is 0.507 e. The fourth-order valence-electron chi connectivity index (χ4n) is 2.75. The van der Waals surface area contributed by atoms with E-state index in [0.29, 0.717) is 28.1 Å². The van der Waals surface area contributed by atoms with E-state index in [4.69, 9.17) is 0 Å². The minimum Gasteiger partial charge on any atom is -0.507 e. The molecule has 1 aromatic carbocycles. The smallest absolute Gasteiger partial charge is 0.262 e. The van der Waals surface area contributed by atoms with Gasteiger partial charge in [-0.05, 0) is 41.1 Å². The number of hydrogen-bond acceptors (Lipinski definition) is 4. The van der Waals surface area contributed by atoms with Crippen molar-refractivity contribution in [3.63, 3.8) is 0 Å². The molecule has 1 amide bonds. The Labute approximate surface area is 150 Å². The zero-order valence-electron chi connectivity index (χ0n) is 13.8. The van der Waals surface area contributed by atoms with Crippen molar-refractivity contribution in [3.8, 4) is 0 Å². The molecule has 0 radical (unpaired) electrons. The molecule has 0 saturated heterocycles. The van der Waals surface area contributed by atoms with Crippen LogP contribution in [0.25, 0.3) is 11.1 Å². The molecule has 5 heteroatoms. The maximum absolute atomic E-state index is 12.3. The van der Waals surface area contributed by atoms with Gasteiger partial charge in [0.2, 0.25) is 0 Å². The lowest BCUT2D eigenvalue weighted by Gasteiger charge is -2.16. The van der Waals surface area contributed by atoms with Gasteiger partial charge in [-0.15, -0.1) is 11.3 Å². The monoisotopic (exact) mass is 353 g/mol. The molecule has 2 heterocycles. The van der Waals surface area contributed by atoms with Crippen molar-refractivity contribution in [2.45, 2.75) is 13.0 Å². The molecule has 1 aliphatic rings. The van der Waals surface area contributed by atoms with Crippen LogP contribution in [0.1, 0.15) is 39.4 Å². The summed E-state index contributed by atoms with van der Waals surface area (Å²) in [6.45, 7) is 6.16. The number of rotatable bonds is 2. The van der Waals surface area contributed by atoms with Gasteiger partial charge < -0.3 is 15.5 Å². The topological polar surface area (TPSA) is 69.6 Å². The van der Waals surface area contributed by atoms with E-state index in [2.05, 4.69) is 11.9 Å². The van der Waals surface area contributed by atoms with Crippen LogP contribution in [0.3, 0.4) is 0 Å². The van der Waals surface area contributed by atoms with E-state index in [1.165, 1.54) is 11.3 Å². The number of fused-ring (bicyclic) bond motifs is 1. The van der Waals surface area contributed by atoms with Crippen molar-refractivity contribution >= 4 is 28.4 Å². The van der Waals surface area contributed by atoms with E-state index in [1.54, 1.807) is 19.1 Å². The van der Waals surface area contributed by atoms with Gasteiger partial charge in [0.25, 0.3) is 5.91 Å². The molecule has 1 atom stereocenters. The summed E-state index contributed by atoms with van der Waals surface area (Å²) in [4.78, 5) is 12.9. The molecule has 25 heavy (non-hydrogen) atoms. The molecule has 128 valence electrons. The summed E-state index contributed by atoms with van der Waals surface area (Å²) >= 11 is 1.35. The zero-order chi connectivity index (χ0) is 18.0. The molecular weight excluding hydrogens is 334 g/mol. The fourth-order valence-corrected chi connectivity index (χ4v) is 3.59.